The number of ether oxygens (including phenoxy) is 1. The van der Waals surface area contributed by atoms with Crippen molar-refractivity contribution < 1.29 is 14.5 Å². The van der Waals surface area contributed by atoms with Crippen molar-refractivity contribution in [2.75, 3.05) is 25.1 Å². The second-order valence-electron chi connectivity index (χ2n) is 6.25. The third-order valence-electron chi connectivity index (χ3n) is 4.46. The topological polar surface area (TPSA) is 85.6 Å². The highest BCUT2D eigenvalue weighted by Crippen LogP contribution is 2.38. The number of pyridine rings is 1. The third kappa shape index (κ3) is 3.63. The SMILES string of the molecule is COC(=O)C(C)(C)C1CCCN(c2ncc(Br)cc2[N+](=O)[O-])C1. The highest BCUT2D eigenvalue weighted by atomic mass is 79.9. The molecule has 2 heterocycles. The van der Waals surface area contributed by atoms with Gasteiger partial charge in [-0.2, -0.15) is 0 Å². The average Bonchev–Trinajstić information content (AvgIpc) is 2.53. The van der Waals surface area contributed by atoms with Crippen LogP contribution in [0.2, 0.25) is 0 Å². The summed E-state index contributed by atoms with van der Waals surface area (Å²) in [5.41, 5.74) is -0.673. The number of nitro groups is 1. The van der Waals surface area contributed by atoms with Gasteiger partial charge in [0, 0.05) is 29.8 Å². The predicted molar refractivity (Wildman–Crippen MR) is 89.3 cm³/mol. The van der Waals surface area contributed by atoms with Crippen LogP contribution in [0.15, 0.2) is 16.7 Å². The number of halogens is 1. The summed E-state index contributed by atoms with van der Waals surface area (Å²) in [6.07, 6.45) is 3.28. The average molecular weight is 386 g/mol. The number of hydrogen-bond acceptors (Lipinski definition) is 6. The van der Waals surface area contributed by atoms with Crippen molar-refractivity contribution >= 4 is 33.4 Å². The van der Waals surface area contributed by atoms with Crippen molar-refractivity contribution in [1.29, 1.82) is 0 Å². The van der Waals surface area contributed by atoms with Crippen LogP contribution in [-0.2, 0) is 9.53 Å². The molecule has 7 nitrogen and oxygen atoms in total. The highest BCUT2D eigenvalue weighted by Gasteiger charge is 2.41. The molecule has 2 rings (SSSR count). The fourth-order valence-corrected chi connectivity index (χ4v) is 3.31. The molecule has 1 aliphatic rings. The van der Waals surface area contributed by atoms with Crippen LogP contribution in [0.5, 0.6) is 0 Å². The molecule has 0 aliphatic carbocycles. The monoisotopic (exact) mass is 385 g/mol. The Kier molecular flexibility index (Phi) is 5.23. The zero-order chi connectivity index (χ0) is 17.2. The molecule has 23 heavy (non-hydrogen) atoms. The molecule has 1 atom stereocenters. The number of piperidine rings is 1. The molecular formula is C15H20BrN3O4. The van der Waals surface area contributed by atoms with E-state index in [4.69, 9.17) is 4.74 Å². The van der Waals surface area contributed by atoms with E-state index in [1.165, 1.54) is 13.2 Å². The van der Waals surface area contributed by atoms with Gasteiger partial charge in [-0.05, 0) is 48.5 Å². The maximum Gasteiger partial charge on any atom is 0.312 e. The summed E-state index contributed by atoms with van der Waals surface area (Å²) in [5, 5.41) is 11.3. The van der Waals surface area contributed by atoms with E-state index in [1.54, 1.807) is 6.20 Å². The van der Waals surface area contributed by atoms with E-state index in [-0.39, 0.29) is 17.6 Å². The number of carbonyl (C=O) groups is 1. The predicted octanol–water partition coefficient (Wildman–Crippen LogP) is 3.17. The van der Waals surface area contributed by atoms with Gasteiger partial charge in [0.1, 0.15) is 0 Å². The molecule has 0 N–H and O–H groups in total. The Morgan fingerprint density at radius 3 is 2.87 bits per heavy atom. The summed E-state index contributed by atoms with van der Waals surface area (Å²) < 4.78 is 5.47. The first-order valence-corrected chi connectivity index (χ1v) is 8.20. The standard InChI is InChI=1S/C15H20BrN3O4/c1-15(2,14(20)23-3)10-5-4-6-18(9-10)13-12(19(21)22)7-11(16)8-17-13/h7-8,10H,4-6,9H2,1-3H3. The number of anilines is 1. The molecular weight excluding hydrogens is 366 g/mol. The summed E-state index contributed by atoms with van der Waals surface area (Å²) in [4.78, 5) is 29.0. The van der Waals surface area contributed by atoms with E-state index in [0.29, 0.717) is 23.4 Å². The van der Waals surface area contributed by atoms with E-state index in [2.05, 4.69) is 20.9 Å². The van der Waals surface area contributed by atoms with Gasteiger partial charge in [-0.1, -0.05) is 0 Å². The Hall–Kier alpha value is -1.70. The quantitative estimate of drug-likeness (QED) is 0.449. The number of methoxy groups -OCH3 is 1. The van der Waals surface area contributed by atoms with Gasteiger partial charge >= 0.3 is 11.7 Å². The highest BCUT2D eigenvalue weighted by molar-refractivity contribution is 9.10. The Morgan fingerprint density at radius 1 is 1.57 bits per heavy atom. The second kappa shape index (κ2) is 6.82. The van der Waals surface area contributed by atoms with Crippen LogP contribution in [-0.4, -0.2) is 36.1 Å². The summed E-state index contributed by atoms with van der Waals surface area (Å²) in [5.74, 6) is 0.139. The number of carbonyl (C=O) groups excluding carboxylic acids is 1. The first-order valence-electron chi connectivity index (χ1n) is 7.40. The van der Waals surface area contributed by atoms with Crippen LogP contribution in [0.4, 0.5) is 11.5 Å². The number of hydrogen-bond donors (Lipinski definition) is 0. The third-order valence-corrected chi connectivity index (χ3v) is 4.90. The summed E-state index contributed by atoms with van der Waals surface area (Å²) in [6.45, 7) is 4.94. The second-order valence-corrected chi connectivity index (χ2v) is 7.17. The largest absolute Gasteiger partial charge is 0.469 e. The summed E-state index contributed by atoms with van der Waals surface area (Å²) in [7, 11) is 1.38. The van der Waals surface area contributed by atoms with Crippen LogP contribution >= 0.6 is 15.9 Å². The van der Waals surface area contributed by atoms with Gasteiger partial charge in [-0.25, -0.2) is 4.98 Å². The Labute approximate surface area is 143 Å². The van der Waals surface area contributed by atoms with Gasteiger partial charge in [0.15, 0.2) is 0 Å². The molecule has 1 aromatic rings. The van der Waals surface area contributed by atoms with Crippen LogP contribution in [0.3, 0.4) is 0 Å². The maximum absolute atomic E-state index is 12.0. The first kappa shape index (κ1) is 17.7. The van der Waals surface area contributed by atoms with Crippen LogP contribution in [0.1, 0.15) is 26.7 Å². The molecule has 126 valence electrons. The van der Waals surface area contributed by atoms with Crippen molar-refractivity contribution in [3.8, 4) is 0 Å². The van der Waals surface area contributed by atoms with Crippen LogP contribution in [0, 0.1) is 21.4 Å². The van der Waals surface area contributed by atoms with E-state index in [1.807, 2.05) is 18.7 Å². The Balaban J connectivity index is 2.29. The van der Waals surface area contributed by atoms with Crippen molar-refractivity contribution in [2.24, 2.45) is 11.3 Å². The molecule has 0 radical (unpaired) electrons. The number of esters is 1. The van der Waals surface area contributed by atoms with Gasteiger partial charge < -0.3 is 9.64 Å². The Morgan fingerprint density at radius 2 is 2.26 bits per heavy atom. The van der Waals surface area contributed by atoms with Gasteiger partial charge in [-0.15, -0.1) is 0 Å². The fourth-order valence-electron chi connectivity index (χ4n) is 2.99. The lowest BCUT2D eigenvalue weighted by Gasteiger charge is -2.40. The minimum Gasteiger partial charge on any atom is -0.469 e. The molecule has 8 heteroatoms. The van der Waals surface area contributed by atoms with Gasteiger partial charge in [0.05, 0.1) is 17.4 Å². The lowest BCUT2D eigenvalue weighted by atomic mass is 9.74. The number of nitrogens with zero attached hydrogens (tertiary/aromatic N) is 3. The van der Waals surface area contributed by atoms with E-state index < -0.39 is 10.3 Å². The molecule has 0 spiro atoms. The fraction of sp³-hybridized carbons (Fsp3) is 0.600. The van der Waals surface area contributed by atoms with Crippen molar-refractivity contribution in [2.45, 2.75) is 26.7 Å². The minimum atomic E-state index is -0.641. The molecule has 1 aromatic heterocycles. The number of rotatable bonds is 4. The van der Waals surface area contributed by atoms with E-state index >= 15 is 0 Å². The van der Waals surface area contributed by atoms with E-state index in [9.17, 15) is 14.9 Å². The molecule has 1 aliphatic heterocycles. The van der Waals surface area contributed by atoms with Crippen LogP contribution in [0.25, 0.3) is 0 Å². The lowest BCUT2D eigenvalue weighted by molar-refractivity contribution is -0.384. The number of aromatic nitrogens is 1. The van der Waals surface area contributed by atoms with Gasteiger partial charge in [0.2, 0.25) is 5.82 Å². The smallest absolute Gasteiger partial charge is 0.312 e. The van der Waals surface area contributed by atoms with E-state index in [0.717, 1.165) is 12.8 Å². The van der Waals surface area contributed by atoms with Crippen molar-refractivity contribution in [3.63, 3.8) is 0 Å². The maximum atomic E-state index is 12.0. The minimum absolute atomic E-state index is 0.0316. The summed E-state index contributed by atoms with van der Waals surface area (Å²) in [6, 6.07) is 1.46. The molecule has 1 saturated heterocycles. The first-order chi connectivity index (χ1) is 10.8. The summed E-state index contributed by atoms with van der Waals surface area (Å²) >= 11 is 3.21. The van der Waals surface area contributed by atoms with Gasteiger partial charge in [0.25, 0.3) is 0 Å². The van der Waals surface area contributed by atoms with Crippen molar-refractivity contribution in [1.82, 2.24) is 4.98 Å². The molecule has 1 unspecified atom stereocenters. The molecule has 0 bridgehead atoms. The zero-order valence-electron chi connectivity index (χ0n) is 13.4. The van der Waals surface area contributed by atoms with Crippen molar-refractivity contribution in [3.05, 3.63) is 26.9 Å². The lowest BCUT2D eigenvalue weighted by Crippen LogP contribution is -2.45. The zero-order valence-corrected chi connectivity index (χ0v) is 15.0. The molecule has 0 saturated carbocycles. The van der Waals surface area contributed by atoms with Gasteiger partial charge in [-0.3, -0.25) is 14.9 Å². The van der Waals surface area contributed by atoms with Crippen LogP contribution < -0.4 is 4.90 Å². The Bertz CT molecular complexity index is 621. The molecule has 0 aromatic carbocycles. The normalized spacial score (nSPS) is 18.6. The molecule has 0 amide bonds. The molecule has 1 fully saturated rings.